The van der Waals surface area contributed by atoms with E-state index in [1.165, 1.54) is 11.0 Å². The molecule has 0 unspecified atom stereocenters. The number of nitrogens with two attached hydrogens (primary N) is 1. The molecule has 1 amide bonds. The van der Waals surface area contributed by atoms with Crippen LogP contribution in [0.3, 0.4) is 0 Å². The number of hydrogen-bond donors (Lipinski definition) is 2. The van der Waals surface area contributed by atoms with Gasteiger partial charge < -0.3 is 20.5 Å². The average molecular weight is 460 g/mol. The minimum atomic E-state index is -0.798. The van der Waals surface area contributed by atoms with E-state index < -0.39 is 11.9 Å². The molecule has 1 aliphatic rings. The molecule has 0 radical (unpaired) electrons. The van der Waals surface area contributed by atoms with Crippen molar-refractivity contribution >= 4 is 23.2 Å². The Labute approximate surface area is 189 Å². The molecule has 0 saturated heterocycles. The first-order chi connectivity index (χ1) is 15.2. The van der Waals surface area contributed by atoms with Crippen LogP contribution in [-0.4, -0.2) is 44.3 Å². The van der Waals surface area contributed by atoms with Gasteiger partial charge in [0.1, 0.15) is 11.9 Å². The van der Waals surface area contributed by atoms with Crippen LogP contribution in [0.25, 0.3) is 11.3 Å². The van der Waals surface area contributed by atoms with Gasteiger partial charge in [-0.15, -0.1) is 0 Å². The second-order valence-corrected chi connectivity index (χ2v) is 8.07. The number of halogens is 2. The standard InChI is InChI=1S/C22H23ClFN5O3/c1-11-18-16-7-6-15(25)21(26-16)32-12(2)19-13(4-5-14(24)20(19)23)22(31)28(3)10-17(18)29(27-11)8-9-30/h4-7,12,30H,8-10,25H2,1-3H3/t12-/m0/s1. The van der Waals surface area contributed by atoms with Crippen LogP contribution in [0.4, 0.5) is 10.1 Å². The summed E-state index contributed by atoms with van der Waals surface area (Å²) in [5.41, 5.74) is 9.50. The Balaban J connectivity index is 1.99. The number of aryl methyl sites for hydroxylation is 1. The molecule has 1 aliphatic heterocycles. The largest absolute Gasteiger partial charge is 0.468 e. The molecule has 1 atom stereocenters. The number of nitrogen functional groups attached to an aromatic ring is 1. The number of carbonyl (C=O) groups excluding carboxylic acids is 1. The van der Waals surface area contributed by atoms with E-state index in [1.807, 2.05) is 6.92 Å². The molecule has 4 rings (SSSR count). The number of nitrogens with zero attached hydrogens (tertiary/aromatic N) is 4. The van der Waals surface area contributed by atoms with Gasteiger partial charge in [-0.1, -0.05) is 11.6 Å². The topological polar surface area (TPSA) is 106 Å². The molecular formula is C22H23ClFN5O3. The molecule has 32 heavy (non-hydrogen) atoms. The van der Waals surface area contributed by atoms with Gasteiger partial charge in [0, 0.05) is 23.7 Å². The Morgan fingerprint density at radius 1 is 1.34 bits per heavy atom. The maximum atomic E-state index is 14.3. The van der Waals surface area contributed by atoms with Crippen molar-refractivity contribution in [2.24, 2.45) is 0 Å². The summed E-state index contributed by atoms with van der Waals surface area (Å²) in [5.74, 6) is -0.872. The molecular weight excluding hydrogens is 437 g/mol. The molecule has 2 bridgehead atoms. The summed E-state index contributed by atoms with van der Waals surface area (Å²) in [5, 5.41) is 13.8. The third-order valence-corrected chi connectivity index (χ3v) is 5.87. The highest BCUT2D eigenvalue weighted by Crippen LogP contribution is 2.37. The van der Waals surface area contributed by atoms with Crippen LogP contribution in [-0.2, 0) is 13.1 Å². The number of amides is 1. The van der Waals surface area contributed by atoms with Crippen LogP contribution >= 0.6 is 11.6 Å². The van der Waals surface area contributed by atoms with Crippen molar-refractivity contribution in [2.75, 3.05) is 19.4 Å². The lowest BCUT2D eigenvalue weighted by molar-refractivity contribution is 0.0776. The van der Waals surface area contributed by atoms with Crippen molar-refractivity contribution in [3.05, 3.63) is 57.6 Å². The highest BCUT2D eigenvalue weighted by molar-refractivity contribution is 6.32. The summed E-state index contributed by atoms with van der Waals surface area (Å²) in [6, 6.07) is 5.97. The Kier molecular flexibility index (Phi) is 5.79. The van der Waals surface area contributed by atoms with Gasteiger partial charge in [0.2, 0.25) is 5.88 Å². The number of aromatic nitrogens is 3. The zero-order chi connectivity index (χ0) is 23.2. The Hall–Kier alpha value is -3.17. The monoisotopic (exact) mass is 459 g/mol. The van der Waals surface area contributed by atoms with Crippen molar-refractivity contribution in [2.45, 2.75) is 33.0 Å². The molecule has 3 aromatic rings. The minimum Gasteiger partial charge on any atom is -0.468 e. The summed E-state index contributed by atoms with van der Waals surface area (Å²) in [7, 11) is 1.64. The fourth-order valence-electron chi connectivity index (χ4n) is 3.97. The molecule has 0 saturated carbocycles. The normalized spacial score (nSPS) is 16.0. The number of aliphatic hydroxyl groups is 1. The van der Waals surface area contributed by atoms with Crippen LogP contribution in [0.1, 0.15) is 40.3 Å². The van der Waals surface area contributed by atoms with Gasteiger partial charge in [-0.3, -0.25) is 9.48 Å². The van der Waals surface area contributed by atoms with Crippen LogP contribution in [0, 0.1) is 12.7 Å². The number of pyridine rings is 1. The summed E-state index contributed by atoms with van der Waals surface area (Å²) in [6.07, 6.45) is -0.798. The molecule has 3 N–H and O–H groups in total. The fourth-order valence-corrected chi connectivity index (χ4v) is 4.28. The van der Waals surface area contributed by atoms with E-state index in [1.54, 1.807) is 30.8 Å². The first-order valence-corrected chi connectivity index (χ1v) is 10.4. The summed E-state index contributed by atoms with van der Waals surface area (Å²) >= 11 is 6.27. The number of aliphatic hydroxyl groups excluding tert-OH is 1. The number of rotatable bonds is 2. The molecule has 10 heteroatoms. The van der Waals surface area contributed by atoms with Gasteiger partial charge in [-0.2, -0.15) is 5.10 Å². The van der Waals surface area contributed by atoms with E-state index in [0.29, 0.717) is 17.1 Å². The smallest absolute Gasteiger partial charge is 0.254 e. The van der Waals surface area contributed by atoms with Gasteiger partial charge >= 0.3 is 0 Å². The van der Waals surface area contributed by atoms with Crippen LogP contribution < -0.4 is 10.5 Å². The number of fused-ring (bicyclic) bond motifs is 5. The van der Waals surface area contributed by atoms with E-state index >= 15 is 0 Å². The van der Waals surface area contributed by atoms with Crippen LogP contribution in [0.2, 0.25) is 5.02 Å². The lowest BCUT2D eigenvalue weighted by Crippen LogP contribution is -2.30. The summed E-state index contributed by atoms with van der Waals surface area (Å²) < 4.78 is 21.9. The van der Waals surface area contributed by atoms with Crippen molar-refractivity contribution in [1.29, 1.82) is 0 Å². The van der Waals surface area contributed by atoms with Gasteiger partial charge in [-0.25, -0.2) is 9.37 Å². The van der Waals surface area contributed by atoms with E-state index in [4.69, 9.17) is 22.1 Å². The van der Waals surface area contributed by atoms with Crippen LogP contribution in [0.5, 0.6) is 5.88 Å². The first kappa shape index (κ1) is 22.0. The summed E-state index contributed by atoms with van der Waals surface area (Å²) in [4.78, 5) is 19.5. The Morgan fingerprint density at radius 3 is 2.81 bits per heavy atom. The van der Waals surface area contributed by atoms with Gasteiger partial charge in [0.05, 0.1) is 47.5 Å². The van der Waals surface area contributed by atoms with Gasteiger partial charge in [-0.05, 0) is 38.1 Å². The third-order valence-electron chi connectivity index (χ3n) is 5.48. The Bertz CT molecular complexity index is 1210. The Morgan fingerprint density at radius 2 is 2.09 bits per heavy atom. The zero-order valence-corrected chi connectivity index (χ0v) is 18.6. The fraction of sp³-hybridized carbons (Fsp3) is 0.318. The van der Waals surface area contributed by atoms with Gasteiger partial charge in [0.25, 0.3) is 5.91 Å². The highest BCUT2D eigenvalue weighted by Gasteiger charge is 2.29. The number of hydrogen-bond acceptors (Lipinski definition) is 6. The molecule has 1 aromatic carbocycles. The van der Waals surface area contributed by atoms with Crippen LogP contribution in [0.15, 0.2) is 24.3 Å². The number of ether oxygens (including phenoxy) is 1. The van der Waals surface area contributed by atoms with E-state index in [2.05, 4.69) is 10.1 Å². The second kappa shape index (κ2) is 8.40. The highest BCUT2D eigenvalue weighted by atomic mass is 35.5. The predicted octanol–water partition coefficient (Wildman–Crippen LogP) is 3.35. The van der Waals surface area contributed by atoms with E-state index in [-0.39, 0.29) is 53.3 Å². The molecule has 3 heterocycles. The molecule has 0 spiro atoms. The van der Waals surface area contributed by atoms with Crippen molar-refractivity contribution < 1.29 is 19.0 Å². The van der Waals surface area contributed by atoms with E-state index in [9.17, 15) is 14.3 Å². The average Bonchev–Trinajstić information content (AvgIpc) is 3.05. The maximum absolute atomic E-state index is 14.3. The van der Waals surface area contributed by atoms with Crippen molar-refractivity contribution in [1.82, 2.24) is 19.7 Å². The second-order valence-electron chi connectivity index (χ2n) is 7.69. The van der Waals surface area contributed by atoms with Crippen molar-refractivity contribution in [3.8, 4) is 17.1 Å². The third kappa shape index (κ3) is 3.67. The predicted molar refractivity (Wildman–Crippen MR) is 118 cm³/mol. The summed E-state index contributed by atoms with van der Waals surface area (Å²) in [6.45, 7) is 3.80. The maximum Gasteiger partial charge on any atom is 0.254 e. The number of carbonyl (C=O) groups is 1. The SMILES string of the molecule is Cc1nn(CCO)c2c1-c1ccc(N)c(n1)O[C@@H](C)c1c(ccc(F)c1Cl)C(=O)N(C)C2. The van der Waals surface area contributed by atoms with Gasteiger partial charge in [0.15, 0.2) is 0 Å². The molecule has 0 fully saturated rings. The first-order valence-electron chi connectivity index (χ1n) is 10.1. The molecule has 8 nitrogen and oxygen atoms in total. The molecule has 168 valence electrons. The lowest BCUT2D eigenvalue weighted by atomic mass is 10.0. The lowest BCUT2D eigenvalue weighted by Gasteiger charge is -2.25. The van der Waals surface area contributed by atoms with Crippen molar-refractivity contribution in [3.63, 3.8) is 0 Å². The number of benzene rings is 1. The minimum absolute atomic E-state index is 0.121. The number of anilines is 1. The molecule has 0 aliphatic carbocycles. The zero-order valence-electron chi connectivity index (χ0n) is 17.9. The van der Waals surface area contributed by atoms with E-state index in [0.717, 1.165) is 11.6 Å². The quantitative estimate of drug-likeness (QED) is 0.608. The molecule has 2 aromatic heterocycles.